The van der Waals surface area contributed by atoms with Gasteiger partial charge >= 0.3 is 0 Å². The summed E-state index contributed by atoms with van der Waals surface area (Å²) in [6.45, 7) is 4.96. The first-order chi connectivity index (χ1) is 8.61. The van der Waals surface area contributed by atoms with E-state index in [9.17, 15) is 4.39 Å². The number of hydrogen-bond donors (Lipinski definition) is 1. The fraction of sp³-hybridized carbons (Fsp3) is 0.600. The number of benzene rings is 1. The van der Waals surface area contributed by atoms with Crippen LogP contribution in [0.4, 0.5) is 4.39 Å². The van der Waals surface area contributed by atoms with Crippen LogP contribution in [0.25, 0.3) is 0 Å². The van der Waals surface area contributed by atoms with Crippen molar-refractivity contribution in [2.24, 2.45) is 5.92 Å². The predicted octanol–water partition coefficient (Wildman–Crippen LogP) is 2.69. The van der Waals surface area contributed by atoms with E-state index in [-0.39, 0.29) is 5.82 Å². The molecule has 0 radical (unpaired) electrons. The lowest BCUT2D eigenvalue weighted by atomic mass is 9.88. The normalized spacial score (nSPS) is 25.3. The Labute approximate surface area is 109 Å². The second kappa shape index (κ2) is 5.81. The number of halogens is 1. The Bertz CT molecular complexity index is 407. The summed E-state index contributed by atoms with van der Waals surface area (Å²) in [5.74, 6) is 0.384. The van der Waals surface area contributed by atoms with E-state index in [1.165, 1.54) is 5.56 Å². The van der Waals surface area contributed by atoms with E-state index in [1.807, 2.05) is 20.0 Å². The number of rotatable bonds is 4. The van der Waals surface area contributed by atoms with Crippen molar-refractivity contribution in [2.45, 2.75) is 38.8 Å². The molecule has 1 aliphatic rings. The zero-order valence-electron chi connectivity index (χ0n) is 11.4. The Kier molecular flexibility index (Phi) is 4.36. The lowest BCUT2D eigenvalue weighted by Crippen LogP contribution is -2.38. The van der Waals surface area contributed by atoms with Crippen molar-refractivity contribution in [3.63, 3.8) is 0 Å². The van der Waals surface area contributed by atoms with Crippen molar-refractivity contribution in [3.8, 4) is 0 Å². The van der Waals surface area contributed by atoms with Gasteiger partial charge in [0.05, 0.1) is 6.10 Å². The van der Waals surface area contributed by atoms with Gasteiger partial charge in [-0.1, -0.05) is 6.07 Å². The van der Waals surface area contributed by atoms with Gasteiger partial charge < -0.3 is 10.1 Å². The molecule has 18 heavy (non-hydrogen) atoms. The molecule has 1 aliphatic heterocycles. The minimum absolute atomic E-state index is 0.158. The molecule has 1 N–H and O–H groups in total. The Hall–Kier alpha value is -0.930. The minimum Gasteiger partial charge on any atom is -0.378 e. The van der Waals surface area contributed by atoms with Crippen molar-refractivity contribution in [1.82, 2.24) is 5.32 Å². The molecule has 0 aliphatic carbocycles. The maximum atomic E-state index is 13.1. The molecular formula is C15H22FNO. The van der Waals surface area contributed by atoms with Crippen LogP contribution in [-0.4, -0.2) is 25.8 Å². The van der Waals surface area contributed by atoms with Crippen LogP contribution in [0.3, 0.4) is 0 Å². The quantitative estimate of drug-likeness (QED) is 0.888. The van der Waals surface area contributed by atoms with Crippen LogP contribution in [-0.2, 0) is 11.2 Å². The Morgan fingerprint density at radius 3 is 2.83 bits per heavy atom. The fourth-order valence-corrected chi connectivity index (χ4v) is 2.87. The molecule has 2 nitrogen and oxygen atoms in total. The van der Waals surface area contributed by atoms with Gasteiger partial charge in [0, 0.05) is 18.6 Å². The molecule has 3 atom stereocenters. The van der Waals surface area contributed by atoms with Crippen LogP contribution in [0.15, 0.2) is 18.2 Å². The van der Waals surface area contributed by atoms with Gasteiger partial charge in [0.15, 0.2) is 0 Å². The fourth-order valence-electron chi connectivity index (χ4n) is 2.87. The predicted molar refractivity (Wildman–Crippen MR) is 71.2 cm³/mol. The number of nitrogens with one attached hydrogen (secondary N) is 1. The van der Waals surface area contributed by atoms with E-state index in [4.69, 9.17) is 4.74 Å². The molecule has 0 aromatic heterocycles. The Balaban J connectivity index is 2.10. The van der Waals surface area contributed by atoms with Crippen LogP contribution in [0.1, 0.15) is 24.5 Å². The number of aryl methyl sites for hydroxylation is 1. The SMILES string of the molecule is CNC(Cc1ccc(F)cc1C)C1CCOC1C. The molecule has 0 bridgehead atoms. The summed E-state index contributed by atoms with van der Waals surface area (Å²) in [5.41, 5.74) is 2.25. The van der Waals surface area contributed by atoms with Gasteiger partial charge in [-0.25, -0.2) is 4.39 Å². The second-order valence-corrected chi connectivity index (χ2v) is 5.20. The van der Waals surface area contributed by atoms with Crippen LogP contribution >= 0.6 is 0 Å². The molecule has 1 aromatic carbocycles. The highest BCUT2D eigenvalue weighted by Gasteiger charge is 2.31. The molecule has 0 saturated carbocycles. The molecule has 1 fully saturated rings. The van der Waals surface area contributed by atoms with E-state index in [2.05, 4.69) is 12.2 Å². The summed E-state index contributed by atoms with van der Waals surface area (Å²) in [4.78, 5) is 0. The average Bonchev–Trinajstić information content (AvgIpc) is 2.75. The van der Waals surface area contributed by atoms with Gasteiger partial charge in [0.25, 0.3) is 0 Å². The lowest BCUT2D eigenvalue weighted by Gasteiger charge is -2.26. The largest absolute Gasteiger partial charge is 0.378 e. The average molecular weight is 251 g/mol. The molecule has 2 rings (SSSR count). The van der Waals surface area contributed by atoms with Gasteiger partial charge in [-0.15, -0.1) is 0 Å². The zero-order chi connectivity index (χ0) is 13.1. The van der Waals surface area contributed by atoms with E-state index >= 15 is 0 Å². The van der Waals surface area contributed by atoms with E-state index in [0.717, 1.165) is 25.0 Å². The van der Waals surface area contributed by atoms with E-state index < -0.39 is 0 Å². The number of ether oxygens (including phenoxy) is 1. The van der Waals surface area contributed by atoms with Crippen molar-refractivity contribution in [2.75, 3.05) is 13.7 Å². The van der Waals surface area contributed by atoms with E-state index in [0.29, 0.717) is 18.1 Å². The molecule has 0 spiro atoms. The maximum absolute atomic E-state index is 13.1. The molecule has 3 heteroatoms. The van der Waals surface area contributed by atoms with Crippen LogP contribution in [0.2, 0.25) is 0 Å². The highest BCUT2D eigenvalue weighted by molar-refractivity contribution is 5.27. The third kappa shape index (κ3) is 2.90. The summed E-state index contributed by atoms with van der Waals surface area (Å²) < 4.78 is 18.7. The van der Waals surface area contributed by atoms with Gasteiger partial charge in [-0.3, -0.25) is 0 Å². The van der Waals surface area contributed by atoms with Gasteiger partial charge in [0.2, 0.25) is 0 Å². The molecule has 100 valence electrons. The van der Waals surface area contributed by atoms with Gasteiger partial charge in [-0.05, 0) is 57.0 Å². The molecule has 1 aromatic rings. The topological polar surface area (TPSA) is 21.3 Å². The number of likely N-dealkylation sites (N-methyl/N-ethyl adjacent to an activating group) is 1. The molecular weight excluding hydrogens is 229 g/mol. The highest BCUT2D eigenvalue weighted by Crippen LogP contribution is 2.26. The monoisotopic (exact) mass is 251 g/mol. The van der Waals surface area contributed by atoms with Crippen LogP contribution < -0.4 is 5.32 Å². The van der Waals surface area contributed by atoms with Crippen molar-refractivity contribution >= 4 is 0 Å². The minimum atomic E-state index is -0.158. The molecule has 0 amide bonds. The summed E-state index contributed by atoms with van der Waals surface area (Å²) >= 11 is 0. The summed E-state index contributed by atoms with van der Waals surface area (Å²) in [6.07, 6.45) is 2.34. The Morgan fingerprint density at radius 2 is 2.28 bits per heavy atom. The van der Waals surface area contributed by atoms with Crippen molar-refractivity contribution in [3.05, 3.63) is 35.1 Å². The second-order valence-electron chi connectivity index (χ2n) is 5.20. The maximum Gasteiger partial charge on any atom is 0.123 e. The first-order valence-corrected chi connectivity index (χ1v) is 6.65. The lowest BCUT2D eigenvalue weighted by molar-refractivity contribution is 0.0963. The van der Waals surface area contributed by atoms with Crippen molar-refractivity contribution in [1.29, 1.82) is 0 Å². The van der Waals surface area contributed by atoms with Crippen LogP contribution in [0, 0.1) is 18.7 Å². The molecule has 1 heterocycles. The first-order valence-electron chi connectivity index (χ1n) is 6.65. The van der Waals surface area contributed by atoms with Gasteiger partial charge in [-0.2, -0.15) is 0 Å². The zero-order valence-corrected chi connectivity index (χ0v) is 11.4. The summed E-state index contributed by atoms with van der Waals surface area (Å²) in [7, 11) is 1.99. The third-order valence-electron chi connectivity index (χ3n) is 4.07. The van der Waals surface area contributed by atoms with Crippen LogP contribution in [0.5, 0.6) is 0 Å². The van der Waals surface area contributed by atoms with Gasteiger partial charge in [0.1, 0.15) is 5.82 Å². The molecule has 3 unspecified atom stereocenters. The van der Waals surface area contributed by atoms with Crippen molar-refractivity contribution < 1.29 is 9.13 Å². The first kappa shape index (κ1) is 13.5. The standard InChI is InChI=1S/C15H22FNO/c1-10-8-13(16)5-4-12(10)9-15(17-3)14-6-7-18-11(14)2/h4-5,8,11,14-15,17H,6-7,9H2,1-3H3. The summed E-state index contributed by atoms with van der Waals surface area (Å²) in [5, 5.41) is 3.39. The summed E-state index contributed by atoms with van der Waals surface area (Å²) in [6, 6.07) is 5.45. The molecule has 1 saturated heterocycles. The smallest absolute Gasteiger partial charge is 0.123 e. The number of hydrogen-bond acceptors (Lipinski definition) is 2. The van der Waals surface area contributed by atoms with E-state index in [1.54, 1.807) is 12.1 Å². The Morgan fingerprint density at radius 1 is 1.50 bits per heavy atom. The third-order valence-corrected chi connectivity index (χ3v) is 4.07. The highest BCUT2D eigenvalue weighted by atomic mass is 19.1.